The second-order valence-electron chi connectivity index (χ2n) is 4.99. The standard InChI is InChI=1S/C16H18N4O2/c1-2-13-18-15-14(16(21)19-13)20(11-17-15)9-6-10-22-12-7-4-3-5-8-12/h3-5,7-8,11H,2,6,9-10H2,1H3,(H,18,19,21). The molecule has 0 aliphatic rings. The molecule has 0 atom stereocenters. The number of ether oxygens (including phenoxy) is 1. The number of imidazole rings is 1. The maximum Gasteiger partial charge on any atom is 0.277 e. The first-order valence-corrected chi connectivity index (χ1v) is 7.40. The third-order valence-corrected chi connectivity index (χ3v) is 3.42. The second-order valence-corrected chi connectivity index (χ2v) is 4.99. The Morgan fingerprint density at radius 3 is 2.86 bits per heavy atom. The number of para-hydroxylation sites is 1. The van der Waals surface area contributed by atoms with Gasteiger partial charge in [0.05, 0.1) is 12.9 Å². The highest BCUT2D eigenvalue weighted by Crippen LogP contribution is 2.10. The second kappa shape index (κ2) is 6.43. The molecule has 0 fully saturated rings. The molecule has 2 aromatic heterocycles. The van der Waals surface area contributed by atoms with Crippen molar-refractivity contribution in [2.45, 2.75) is 26.3 Å². The number of nitrogens with one attached hydrogen (secondary N) is 1. The average Bonchev–Trinajstić information content (AvgIpc) is 2.96. The van der Waals surface area contributed by atoms with Crippen molar-refractivity contribution in [2.75, 3.05) is 6.61 Å². The van der Waals surface area contributed by atoms with Crippen LogP contribution in [0.3, 0.4) is 0 Å². The maximum absolute atomic E-state index is 12.1. The van der Waals surface area contributed by atoms with Crippen molar-refractivity contribution >= 4 is 11.2 Å². The zero-order valence-corrected chi connectivity index (χ0v) is 12.5. The molecule has 0 amide bonds. The maximum atomic E-state index is 12.1. The summed E-state index contributed by atoms with van der Waals surface area (Å²) in [6.07, 6.45) is 3.13. The lowest BCUT2D eigenvalue weighted by Crippen LogP contribution is -2.15. The fraction of sp³-hybridized carbons (Fsp3) is 0.312. The molecular weight excluding hydrogens is 280 g/mol. The van der Waals surface area contributed by atoms with Gasteiger partial charge in [0.15, 0.2) is 11.2 Å². The van der Waals surface area contributed by atoms with Crippen LogP contribution >= 0.6 is 0 Å². The van der Waals surface area contributed by atoms with E-state index in [0.29, 0.717) is 36.6 Å². The average molecular weight is 298 g/mol. The summed E-state index contributed by atoms with van der Waals surface area (Å²) in [6.45, 7) is 3.20. The summed E-state index contributed by atoms with van der Waals surface area (Å²) < 4.78 is 7.48. The van der Waals surface area contributed by atoms with Gasteiger partial charge in [-0.3, -0.25) is 4.79 Å². The SMILES string of the molecule is CCc1nc2ncn(CCCOc3ccccc3)c2c(=O)[nH]1. The summed E-state index contributed by atoms with van der Waals surface area (Å²) in [5.74, 6) is 1.51. The Hall–Kier alpha value is -2.63. The van der Waals surface area contributed by atoms with Crippen LogP contribution in [0.5, 0.6) is 5.75 Å². The van der Waals surface area contributed by atoms with Gasteiger partial charge in [-0.05, 0) is 18.6 Å². The fourth-order valence-electron chi connectivity index (χ4n) is 2.31. The van der Waals surface area contributed by atoms with Gasteiger partial charge in [0, 0.05) is 13.0 Å². The Balaban J connectivity index is 1.66. The molecule has 0 saturated carbocycles. The summed E-state index contributed by atoms with van der Waals surface area (Å²) in [7, 11) is 0. The molecule has 3 rings (SSSR count). The Bertz CT molecular complexity index is 808. The van der Waals surface area contributed by atoms with Gasteiger partial charge in [-0.2, -0.15) is 0 Å². The minimum absolute atomic E-state index is 0.136. The first-order chi connectivity index (χ1) is 10.8. The van der Waals surface area contributed by atoms with Crippen molar-refractivity contribution in [1.82, 2.24) is 19.5 Å². The Kier molecular flexibility index (Phi) is 4.18. The van der Waals surface area contributed by atoms with Crippen LogP contribution in [0.15, 0.2) is 41.5 Å². The molecule has 0 spiro atoms. The highest BCUT2D eigenvalue weighted by molar-refractivity contribution is 5.69. The van der Waals surface area contributed by atoms with Crippen molar-refractivity contribution in [2.24, 2.45) is 0 Å². The van der Waals surface area contributed by atoms with Crippen molar-refractivity contribution in [3.8, 4) is 5.75 Å². The predicted octanol–water partition coefficient (Wildman–Crippen LogP) is 2.15. The number of nitrogens with zero attached hydrogens (tertiary/aromatic N) is 3. The monoisotopic (exact) mass is 298 g/mol. The molecule has 0 radical (unpaired) electrons. The van der Waals surface area contributed by atoms with Crippen LogP contribution in [-0.4, -0.2) is 26.1 Å². The highest BCUT2D eigenvalue weighted by atomic mass is 16.5. The Morgan fingerprint density at radius 1 is 1.27 bits per heavy atom. The molecule has 0 unspecified atom stereocenters. The van der Waals surface area contributed by atoms with E-state index >= 15 is 0 Å². The largest absolute Gasteiger partial charge is 0.494 e. The van der Waals surface area contributed by atoms with Crippen LogP contribution in [0, 0.1) is 0 Å². The molecular formula is C16H18N4O2. The van der Waals surface area contributed by atoms with Crippen LogP contribution in [-0.2, 0) is 13.0 Å². The van der Waals surface area contributed by atoms with Crippen LogP contribution in [0.4, 0.5) is 0 Å². The van der Waals surface area contributed by atoms with Gasteiger partial charge in [-0.15, -0.1) is 0 Å². The van der Waals surface area contributed by atoms with Gasteiger partial charge in [0.2, 0.25) is 0 Å². The summed E-state index contributed by atoms with van der Waals surface area (Å²) in [4.78, 5) is 23.4. The van der Waals surface area contributed by atoms with Crippen LogP contribution < -0.4 is 10.3 Å². The number of rotatable bonds is 6. The molecule has 114 valence electrons. The van der Waals surface area contributed by atoms with Gasteiger partial charge >= 0.3 is 0 Å². The van der Waals surface area contributed by atoms with Gasteiger partial charge in [0.25, 0.3) is 5.56 Å². The molecule has 0 aliphatic carbocycles. The third-order valence-electron chi connectivity index (χ3n) is 3.42. The quantitative estimate of drug-likeness (QED) is 0.708. The van der Waals surface area contributed by atoms with E-state index in [2.05, 4.69) is 15.0 Å². The molecule has 3 aromatic rings. The Morgan fingerprint density at radius 2 is 2.09 bits per heavy atom. The van der Waals surface area contributed by atoms with Gasteiger partial charge in [-0.1, -0.05) is 25.1 Å². The van der Waals surface area contributed by atoms with E-state index < -0.39 is 0 Å². The lowest BCUT2D eigenvalue weighted by Gasteiger charge is -2.07. The minimum atomic E-state index is -0.136. The molecule has 22 heavy (non-hydrogen) atoms. The number of aromatic nitrogens is 4. The number of hydrogen-bond donors (Lipinski definition) is 1. The molecule has 6 heteroatoms. The number of benzene rings is 1. The zero-order valence-electron chi connectivity index (χ0n) is 12.5. The number of H-pyrrole nitrogens is 1. The first-order valence-electron chi connectivity index (χ1n) is 7.40. The molecule has 0 saturated heterocycles. The van der Waals surface area contributed by atoms with E-state index in [9.17, 15) is 4.79 Å². The summed E-state index contributed by atoms with van der Waals surface area (Å²) in [6, 6.07) is 9.68. The topological polar surface area (TPSA) is 72.8 Å². The van der Waals surface area contributed by atoms with E-state index in [0.717, 1.165) is 12.2 Å². The first kappa shape index (κ1) is 14.3. The number of aryl methyl sites for hydroxylation is 2. The van der Waals surface area contributed by atoms with Gasteiger partial charge in [-0.25, -0.2) is 9.97 Å². The van der Waals surface area contributed by atoms with Crippen LogP contribution in [0.2, 0.25) is 0 Å². The minimum Gasteiger partial charge on any atom is -0.494 e. The molecule has 0 bridgehead atoms. The highest BCUT2D eigenvalue weighted by Gasteiger charge is 2.09. The van der Waals surface area contributed by atoms with E-state index in [1.807, 2.05) is 41.8 Å². The van der Waals surface area contributed by atoms with E-state index in [1.165, 1.54) is 0 Å². The number of hydrogen-bond acceptors (Lipinski definition) is 4. The Labute approximate surface area is 127 Å². The molecule has 6 nitrogen and oxygen atoms in total. The smallest absolute Gasteiger partial charge is 0.277 e. The van der Waals surface area contributed by atoms with Gasteiger partial charge in [0.1, 0.15) is 11.6 Å². The van der Waals surface area contributed by atoms with Crippen LogP contribution in [0.25, 0.3) is 11.2 Å². The van der Waals surface area contributed by atoms with Crippen molar-refractivity contribution in [1.29, 1.82) is 0 Å². The van der Waals surface area contributed by atoms with E-state index in [-0.39, 0.29) is 5.56 Å². The van der Waals surface area contributed by atoms with E-state index in [4.69, 9.17) is 4.74 Å². The molecule has 2 heterocycles. The van der Waals surface area contributed by atoms with Crippen molar-refractivity contribution in [3.63, 3.8) is 0 Å². The van der Waals surface area contributed by atoms with Gasteiger partial charge < -0.3 is 14.3 Å². The summed E-state index contributed by atoms with van der Waals surface area (Å²) in [5.41, 5.74) is 0.893. The van der Waals surface area contributed by atoms with Crippen molar-refractivity contribution < 1.29 is 4.74 Å². The molecule has 0 aliphatic heterocycles. The van der Waals surface area contributed by atoms with E-state index in [1.54, 1.807) is 6.33 Å². The number of aromatic amines is 1. The molecule has 1 aromatic carbocycles. The fourth-order valence-corrected chi connectivity index (χ4v) is 2.31. The lowest BCUT2D eigenvalue weighted by atomic mass is 10.3. The summed E-state index contributed by atoms with van der Waals surface area (Å²) >= 11 is 0. The zero-order chi connectivity index (χ0) is 15.4. The predicted molar refractivity (Wildman–Crippen MR) is 84.1 cm³/mol. The lowest BCUT2D eigenvalue weighted by molar-refractivity contribution is 0.302. The normalized spacial score (nSPS) is 11.0. The molecule has 1 N–H and O–H groups in total. The third kappa shape index (κ3) is 3.00. The van der Waals surface area contributed by atoms with Crippen molar-refractivity contribution in [3.05, 3.63) is 52.8 Å². The summed E-state index contributed by atoms with van der Waals surface area (Å²) in [5, 5.41) is 0. The van der Waals surface area contributed by atoms with Crippen LogP contribution in [0.1, 0.15) is 19.2 Å². The number of fused-ring (bicyclic) bond motifs is 1.